The van der Waals surface area contributed by atoms with E-state index in [1.165, 1.54) is 15.6 Å². The first-order chi connectivity index (χ1) is 13.4. The van der Waals surface area contributed by atoms with Gasteiger partial charge in [-0.15, -0.1) is 11.3 Å². The number of sulfonamides is 1. The molecule has 2 aromatic rings. The fourth-order valence-corrected chi connectivity index (χ4v) is 6.21. The van der Waals surface area contributed by atoms with Crippen LogP contribution in [0.25, 0.3) is 0 Å². The quantitative estimate of drug-likeness (QED) is 0.712. The molecule has 1 amide bonds. The SMILES string of the molecule is C[C@H](CNC(=O)Cc1ccc(S(=O)(=O)N2CCCC2)s1)N(C)c1ccccc1. The van der Waals surface area contributed by atoms with Crippen LogP contribution in [-0.4, -0.2) is 51.4 Å². The second kappa shape index (κ2) is 9.07. The molecule has 3 rings (SSSR count). The number of carbonyl (C=O) groups excluding carboxylic acids is 1. The number of rotatable bonds is 8. The molecule has 1 aliphatic heterocycles. The first-order valence-corrected chi connectivity index (χ1v) is 11.8. The van der Waals surface area contributed by atoms with Gasteiger partial charge in [0.25, 0.3) is 10.0 Å². The maximum atomic E-state index is 12.6. The summed E-state index contributed by atoms with van der Waals surface area (Å²) in [6.07, 6.45) is 2.02. The Kier molecular flexibility index (Phi) is 6.74. The van der Waals surface area contributed by atoms with Crippen molar-refractivity contribution >= 4 is 33.0 Å². The van der Waals surface area contributed by atoms with Gasteiger partial charge in [-0.05, 0) is 44.0 Å². The van der Waals surface area contributed by atoms with Gasteiger partial charge in [-0.25, -0.2) is 8.42 Å². The van der Waals surface area contributed by atoms with E-state index in [9.17, 15) is 13.2 Å². The second-order valence-corrected chi connectivity index (χ2v) is 10.4. The van der Waals surface area contributed by atoms with Crippen LogP contribution in [-0.2, 0) is 21.2 Å². The lowest BCUT2D eigenvalue weighted by molar-refractivity contribution is -0.120. The van der Waals surface area contributed by atoms with Crippen LogP contribution in [0.5, 0.6) is 0 Å². The third kappa shape index (κ3) is 4.92. The molecule has 2 heterocycles. The molecule has 28 heavy (non-hydrogen) atoms. The minimum Gasteiger partial charge on any atom is -0.370 e. The Hall–Kier alpha value is -1.90. The molecule has 152 valence electrons. The molecule has 8 heteroatoms. The molecule has 6 nitrogen and oxygen atoms in total. The van der Waals surface area contributed by atoms with Crippen molar-refractivity contribution in [2.75, 3.05) is 31.6 Å². The Bertz CT molecular complexity index is 890. The molecule has 0 aliphatic carbocycles. The monoisotopic (exact) mass is 421 g/mol. The lowest BCUT2D eigenvalue weighted by atomic mass is 10.2. The molecule has 1 atom stereocenters. The zero-order valence-corrected chi connectivity index (χ0v) is 17.9. The highest BCUT2D eigenvalue weighted by Gasteiger charge is 2.28. The smallest absolute Gasteiger partial charge is 0.252 e. The number of para-hydroxylation sites is 1. The predicted molar refractivity (Wildman–Crippen MR) is 113 cm³/mol. The summed E-state index contributed by atoms with van der Waals surface area (Å²) in [4.78, 5) is 15.2. The zero-order chi connectivity index (χ0) is 20.1. The third-order valence-electron chi connectivity index (χ3n) is 5.05. The second-order valence-electron chi connectivity index (χ2n) is 7.11. The number of benzene rings is 1. The molecular weight excluding hydrogens is 394 g/mol. The van der Waals surface area contributed by atoms with E-state index >= 15 is 0 Å². The molecule has 1 fully saturated rings. The topological polar surface area (TPSA) is 69.7 Å². The number of amides is 1. The fourth-order valence-electron chi connectivity index (χ4n) is 3.18. The number of hydrogen-bond acceptors (Lipinski definition) is 5. The van der Waals surface area contributed by atoms with Gasteiger partial charge in [0.2, 0.25) is 5.91 Å². The summed E-state index contributed by atoms with van der Waals surface area (Å²) >= 11 is 1.19. The van der Waals surface area contributed by atoms with Crippen LogP contribution in [0.4, 0.5) is 5.69 Å². The first-order valence-electron chi connectivity index (χ1n) is 9.51. The van der Waals surface area contributed by atoms with Crippen molar-refractivity contribution in [1.82, 2.24) is 9.62 Å². The lowest BCUT2D eigenvalue weighted by Crippen LogP contribution is -2.40. The number of thiophene rings is 1. The van der Waals surface area contributed by atoms with Crippen molar-refractivity contribution in [1.29, 1.82) is 0 Å². The highest BCUT2D eigenvalue weighted by Crippen LogP contribution is 2.27. The van der Waals surface area contributed by atoms with Gasteiger partial charge in [0.15, 0.2) is 0 Å². The molecule has 1 aliphatic rings. The average Bonchev–Trinajstić information content (AvgIpc) is 3.39. The van der Waals surface area contributed by atoms with Crippen molar-refractivity contribution in [2.24, 2.45) is 0 Å². The molecule has 0 radical (unpaired) electrons. The molecule has 1 aromatic heterocycles. The standard InChI is InChI=1S/C20H27N3O3S2/c1-16(22(2)17-8-4-3-5-9-17)15-21-19(24)14-18-10-11-20(27-18)28(25,26)23-12-6-7-13-23/h3-5,8-11,16H,6-7,12-15H2,1-2H3,(H,21,24)/t16-/m1/s1. The summed E-state index contributed by atoms with van der Waals surface area (Å²) in [5, 5.41) is 2.95. The molecule has 0 bridgehead atoms. The molecule has 1 N–H and O–H groups in total. The van der Waals surface area contributed by atoms with E-state index in [1.54, 1.807) is 12.1 Å². The van der Waals surface area contributed by atoms with E-state index in [1.807, 2.05) is 37.4 Å². The maximum Gasteiger partial charge on any atom is 0.252 e. The van der Waals surface area contributed by atoms with E-state index in [-0.39, 0.29) is 18.4 Å². The van der Waals surface area contributed by atoms with Crippen molar-refractivity contribution in [3.8, 4) is 0 Å². The number of likely N-dealkylation sites (N-methyl/N-ethyl adjacent to an activating group) is 1. The summed E-state index contributed by atoms with van der Waals surface area (Å²) in [5.74, 6) is -0.0970. The van der Waals surface area contributed by atoms with Gasteiger partial charge in [0.05, 0.1) is 6.42 Å². The average molecular weight is 422 g/mol. The van der Waals surface area contributed by atoms with Gasteiger partial charge in [-0.3, -0.25) is 4.79 Å². The third-order valence-corrected chi connectivity index (χ3v) is 8.50. The number of nitrogens with one attached hydrogen (secondary N) is 1. The molecule has 0 saturated carbocycles. The fraction of sp³-hybridized carbons (Fsp3) is 0.450. The summed E-state index contributed by atoms with van der Waals surface area (Å²) in [5.41, 5.74) is 1.10. The minimum absolute atomic E-state index is 0.0970. The van der Waals surface area contributed by atoms with Crippen LogP contribution < -0.4 is 10.2 Å². The molecule has 0 spiro atoms. The van der Waals surface area contributed by atoms with E-state index in [0.717, 1.165) is 23.4 Å². The summed E-state index contributed by atoms with van der Waals surface area (Å²) in [7, 11) is -1.41. The van der Waals surface area contributed by atoms with Crippen LogP contribution in [0.3, 0.4) is 0 Å². The molecule has 0 unspecified atom stereocenters. The van der Waals surface area contributed by atoms with Crippen LogP contribution in [0, 0.1) is 0 Å². The Morgan fingerprint density at radius 1 is 1.18 bits per heavy atom. The molecule has 1 aromatic carbocycles. The number of carbonyl (C=O) groups is 1. The lowest BCUT2D eigenvalue weighted by Gasteiger charge is -2.27. The summed E-state index contributed by atoms with van der Waals surface area (Å²) in [6.45, 7) is 3.75. The molecule has 1 saturated heterocycles. The highest BCUT2D eigenvalue weighted by atomic mass is 32.2. The van der Waals surface area contributed by atoms with Crippen molar-refractivity contribution in [2.45, 2.75) is 36.4 Å². The first kappa shape index (κ1) is 20.8. The van der Waals surface area contributed by atoms with Crippen LogP contribution in [0.2, 0.25) is 0 Å². The van der Waals surface area contributed by atoms with Gasteiger partial charge in [0.1, 0.15) is 4.21 Å². The number of nitrogens with zero attached hydrogens (tertiary/aromatic N) is 2. The van der Waals surface area contributed by atoms with E-state index in [0.29, 0.717) is 23.8 Å². The summed E-state index contributed by atoms with van der Waals surface area (Å²) in [6, 6.07) is 13.5. The van der Waals surface area contributed by atoms with Crippen molar-refractivity contribution in [3.05, 3.63) is 47.3 Å². The van der Waals surface area contributed by atoms with Crippen LogP contribution in [0.15, 0.2) is 46.7 Å². The number of anilines is 1. The predicted octanol–water partition coefficient (Wildman–Crippen LogP) is 2.72. The van der Waals surface area contributed by atoms with Crippen molar-refractivity contribution in [3.63, 3.8) is 0 Å². The van der Waals surface area contributed by atoms with Gasteiger partial charge < -0.3 is 10.2 Å². The normalized spacial score (nSPS) is 16.1. The van der Waals surface area contributed by atoms with E-state index < -0.39 is 10.0 Å². The zero-order valence-electron chi connectivity index (χ0n) is 16.3. The minimum atomic E-state index is -3.41. The van der Waals surface area contributed by atoms with Gasteiger partial charge >= 0.3 is 0 Å². The van der Waals surface area contributed by atoms with Gasteiger partial charge in [-0.2, -0.15) is 4.31 Å². The van der Waals surface area contributed by atoms with Gasteiger partial charge in [-0.1, -0.05) is 18.2 Å². The maximum absolute atomic E-state index is 12.6. The van der Waals surface area contributed by atoms with Gasteiger partial charge in [0, 0.05) is 43.3 Å². The highest BCUT2D eigenvalue weighted by molar-refractivity contribution is 7.91. The Morgan fingerprint density at radius 2 is 1.86 bits per heavy atom. The van der Waals surface area contributed by atoms with Crippen molar-refractivity contribution < 1.29 is 13.2 Å². The Morgan fingerprint density at radius 3 is 2.54 bits per heavy atom. The van der Waals surface area contributed by atoms with E-state index in [4.69, 9.17) is 0 Å². The Labute approximate surface area is 171 Å². The van der Waals surface area contributed by atoms with Crippen LogP contribution in [0.1, 0.15) is 24.6 Å². The Balaban J connectivity index is 1.52. The largest absolute Gasteiger partial charge is 0.370 e. The number of hydrogen-bond donors (Lipinski definition) is 1. The molecular formula is C20H27N3O3S2. The summed E-state index contributed by atoms with van der Waals surface area (Å²) < 4.78 is 27.0. The van der Waals surface area contributed by atoms with Crippen LogP contribution >= 0.6 is 11.3 Å². The van der Waals surface area contributed by atoms with E-state index in [2.05, 4.69) is 17.1 Å².